The van der Waals surface area contributed by atoms with E-state index in [1.165, 1.54) is 18.6 Å². The highest BCUT2D eigenvalue weighted by atomic mass is 32.2. The molecule has 3 N–H and O–H groups in total. The van der Waals surface area contributed by atoms with Crippen LogP contribution in [0.4, 0.5) is 20.3 Å². The molecule has 0 spiro atoms. The number of nitrogens with zero attached hydrogens (tertiary/aromatic N) is 5. The van der Waals surface area contributed by atoms with E-state index in [2.05, 4.69) is 31.2 Å². The summed E-state index contributed by atoms with van der Waals surface area (Å²) in [5.41, 5.74) is 5.94. The maximum absolute atomic E-state index is 15.3. The third-order valence-corrected chi connectivity index (χ3v) is 7.93. The average Bonchev–Trinajstić information content (AvgIpc) is 3.43. The standard InChI is InChI=1S/C27H27F2N7O2S/c1-4-9-38-17-12-20-22(31-13-17)23(33-15-32-20)34-16-10-18(21(29)19(28)11-16)26(2)14-27(3,39-25(30)35-26)24(37)36-7-5-6-8-36/h1,10-13,15H,5-9,14H2,2-3H3,(H2,30,35)(H,32,33,34)/t26-,27+/m0/s1. The van der Waals surface area contributed by atoms with Crippen LogP contribution >= 0.6 is 11.8 Å². The molecule has 3 aromatic rings. The van der Waals surface area contributed by atoms with Crippen molar-refractivity contribution in [3.8, 4) is 18.1 Å². The van der Waals surface area contributed by atoms with Crippen LogP contribution in [0.5, 0.6) is 5.75 Å². The van der Waals surface area contributed by atoms with Crippen LogP contribution in [-0.4, -0.2) is 55.4 Å². The van der Waals surface area contributed by atoms with Crippen molar-refractivity contribution in [1.29, 1.82) is 0 Å². The number of amides is 1. The van der Waals surface area contributed by atoms with Crippen molar-refractivity contribution >= 4 is 45.4 Å². The predicted octanol–water partition coefficient (Wildman–Crippen LogP) is 4.11. The maximum Gasteiger partial charge on any atom is 0.239 e. The zero-order valence-electron chi connectivity index (χ0n) is 21.5. The fourth-order valence-electron chi connectivity index (χ4n) is 5.17. The van der Waals surface area contributed by atoms with Gasteiger partial charge in [0.25, 0.3) is 0 Å². The molecular formula is C27H27F2N7O2S. The number of likely N-dealkylation sites (tertiary alicyclic amines) is 1. The Hall–Kier alpha value is -3.98. The molecule has 2 aromatic heterocycles. The number of amidine groups is 1. The minimum absolute atomic E-state index is 0.0232. The Labute approximate surface area is 228 Å². The molecule has 0 unspecified atom stereocenters. The Bertz CT molecular complexity index is 1520. The fourth-order valence-corrected chi connectivity index (χ4v) is 6.45. The van der Waals surface area contributed by atoms with Crippen LogP contribution in [0.15, 0.2) is 35.7 Å². The molecule has 4 heterocycles. The number of aromatic nitrogens is 3. The summed E-state index contributed by atoms with van der Waals surface area (Å²) >= 11 is 1.16. The van der Waals surface area contributed by atoms with Gasteiger partial charge in [-0.15, -0.1) is 6.42 Å². The smallest absolute Gasteiger partial charge is 0.239 e. The van der Waals surface area contributed by atoms with Gasteiger partial charge >= 0.3 is 0 Å². The van der Waals surface area contributed by atoms with Gasteiger partial charge < -0.3 is 20.7 Å². The summed E-state index contributed by atoms with van der Waals surface area (Å²) in [6.45, 7) is 4.87. The Morgan fingerprint density at radius 1 is 1.23 bits per heavy atom. The monoisotopic (exact) mass is 551 g/mol. The summed E-state index contributed by atoms with van der Waals surface area (Å²) in [5, 5.41) is 3.16. The lowest BCUT2D eigenvalue weighted by Crippen LogP contribution is -2.51. The second-order valence-electron chi connectivity index (χ2n) is 9.93. The highest BCUT2D eigenvalue weighted by Crippen LogP contribution is 2.47. The van der Waals surface area contributed by atoms with Gasteiger partial charge in [-0.1, -0.05) is 17.7 Å². The number of fused-ring (bicyclic) bond motifs is 1. The summed E-state index contributed by atoms with van der Waals surface area (Å²) in [5.74, 6) is 0.891. The number of anilines is 2. The van der Waals surface area contributed by atoms with E-state index in [1.807, 2.05) is 0 Å². The fraction of sp³-hybridized carbons (Fsp3) is 0.370. The molecule has 2 aliphatic heterocycles. The van der Waals surface area contributed by atoms with E-state index in [0.717, 1.165) is 30.7 Å². The number of thioether (sulfide) groups is 1. The van der Waals surface area contributed by atoms with Crippen LogP contribution in [0.2, 0.25) is 0 Å². The highest BCUT2D eigenvalue weighted by Gasteiger charge is 2.49. The average molecular weight is 552 g/mol. The molecule has 1 saturated heterocycles. The lowest BCUT2D eigenvalue weighted by Gasteiger charge is -2.41. The van der Waals surface area contributed by atoms with Gasteiger partial charge in [0.05, 0.1) is 17.3 Å². The first kappa shape index (κ1) is 26.6. The number of pyridine rings is 1. The van der Waals surface area contributed by atoms with Gasteiger partial charge in [0, 0.05) is 42.9 Å². The van der Waals surface area contributed by atoms with Crippen LogP contribution in [0.1, 0.15) is 38.7 Å². The zero-order valence-corrected chi connectivity index (χ0v) is 22.3. The molecule has 2 aliphatic rings. The molecule has 39 heavy (non-hydrogen) atoms. The number of carbonyl (C=O) groups excluding carboxylic acids is 1. The number of rotatable bonds is 6. The molecule has 0 radical (unpaired) electrons. The molecule has 1 amide bonds. The van der Waals surface area contributed by atoms with E-state index in [0.29, 0.717) is 29.9 Å². The number of terminal acetylenes is 1. The second kappa shape index (κ2) is 10.3. The van der Waals surface area contributed by atoms with E-state index >= 15 is 4.39 Å². The second-order valence-corrected chi connectivity index (χ2v) is 11.5. The molecule has 1 fully saturated rings. The summed E-state index contributed by atoms with van der Waals surface area (Å²) in [6, 6.07) is 4.14. The number of benzene rings is 1. The number of ether oxygens (including phenoxy) is 1. The molecule has 0 saturated carbocycles. The number of hydrogen-bond donors (Lipinski definition) is 2. The van der Waals surface area contributed by atoms with Crippen LogP contribution in [0.25, 0.3) is 11.0 Å². The van der Waals surface area contributed by atoms with Gasteiger partial charge in [0.2, 0.25) is 5.91 Å². The van der Waals surface area contributed by atoms with E-state index in [-0.39, 0.29) is 41.2 Å². The van der Waals surface area contributed by atoms with Gasteiger partial charge in [-0.05, 0) is 32.8 Å². The first-order chi connectivity index (χ1) is 18.6. The number of hydrogen-bond acceptors (Lipinski definition) is 9. The molecule has 2 atom stereocenters. The van der Waals surface area contributed by atoms with Crippen molar-refractivity contribution in [2.24, 2.45) is 10.7 Å². The molecule has 9 nitrogen and oxygen atoms in total. The van der Waals surface area contributed by atoms with Crippen molar-refractivity contribution in [1.82, 2.24) is 19.9 Å². The molecule has 5 rings (SSSR count). The Morgan fingerprint density at radius 2 is 2.00 bits per heavy atom. The van der Waals surface area contributed by atoms with Crippen molar-refractivity contribution in [2.45, 2.75) is 43.4 Å². The number of halogens is 2. The van der Waals surface area contributed by atoms with Crippen LogP contribution in [0.3, 0.4) is 0 Å². The third kappa shape index (κ3) is 5.18. The van der Waals surface area contributed by atoms with Crippen LogP contribution in [-0.2, 0) is 10.3 Å². The zero-order chi connectivity index (χ0) is 27.8. The minimum Gasteiger partial charge on any atom is -0.479 e. The third-order valence-electron chi connectivity index (χ3n) is 6.86. The molecule has 12 heteroatoms. The first-order valence-electron chi connectivity index (χ1n) is 12.4. The van der Waals surface area contributed by atoms with E-state index in [9.17, 15) is 9.18 Å². The number of aliphatic imine (C=N–C) groups is 1. The number of carbonyl (C=O) groups is 1. The number of nitrogens with one attached hydrogen (secondary N) is 1. The van der Waals surface area contributed by atoms with Crippen molar-refractivity contribution < 1.29 is 18.3 Å². The Morgan fingerprint density at radius 3 is 2.74 bits per heavy atom. The maximum atomic E-state index is 15.3. The largest absolute Gasteiger partial charge is 0.479 e. The van der Waals surface area contributed by atoms with Gasteiger partial charge in [0.15, 0.2) is 22.6 Å². The van der Waals surface area contributed by atoms with E-state index in [4.69, 9.17) is 16.9 Å². The minimum atomic E-state index is -1.29. The molecule has 0 bridgehead atoms. The van der Waals surface area contributed by atoms with Gasteiger partial charge in [-0.25, -0.2) is 23.7 Å². The normalized spacial score (nSPS) is 22.8. The van der Waals surface area contributed by atoms with Crippen molar-refractivity contribution in [3.63, 3.8) is 0 Å². The topological polar surface area (TPSA) is 119 Å². The summed E-state index contributed by atoms with van der Waals surface area (Å²) in [7, 11) is 0. The van der Waals surface area contributed by atoms with Crippen molar-refractivity contribution in [2.75, 3.05) is 25.0 Å². The molecule has 1 aromatic carbocycles. The van der Waals surface area contributed by atoms with Gasteiger partial charge in [0.1, 0.15) is 28.9 Å². The van der Waals surface area contributed by atoms with Crippen LogP contribution in [0, 0.1) is 24.0 Å². The van der Waals surface area contributed by atoms with E-state index < -0.39 is 21.9 Å². The lowest BCUT2D eigenvalue weighted by atomic mass is 9.82. The number of nitrogens with two attached hydrogens (primary N) is 1. The summed E-state index contributed by atoms with van der Waals surface area (Å²) < 4.78 is 34.8. The lowest BCUT2D eigenvalue weighted by molar-refractivity contribution is -0.132. The van der Waals surface area contributed by atoms with Gasteiger partial charge in [-0.3, -0.25) is 9.79 Å². The quantitative estimate of drug-likeness (QED) is 0.440. The Balaban J connectivity index is 1.49. The highest BCUT2D eigenvalue weighted by molar-refractivity contribution is 8.15. The predicted molar refractivity (Wildman–Crippen MR) is 147 cm³/mol. The molecule has 0 aliphatic carbocycles. The van der Waals surface area contributed by atoms with Crippen molar-refractivity contribution in [3.05, 3.63) is 47.9 Å². The first-order valence-corrected chi connectivity index (χ1v) is 13.2. The summed E-state index contributed by atoms with van der Waals surface area (Å²) in [6.07, 6.45) is 10.0. The molecule has 202 valence electrons. The van der Waals surface area contributed by atoms with E-state index in [1.54, 1.807) is 24.8 Å². The van der Waals surface area contributed by atoms with Gasteiger partial charge in [-0.2, -0.15) is 0 Å². The van der Waals surface area contributed by atoms with Crippen LogP contribution < -0.4 is 15.8 Å². The molecular weight excluding hydrogens is 524 g/mol. The Kier molecular flexibility index (Phi) is 7.03. The summed E-state index contributed by atoms with van der Waals surface area (Å²) in [4.78, 5) is 32.5. The SMILES string of the molecule is C#CCOc1cnc2c(Nc3cc(F)c(F)c([C@]4(C)C[C@](C)(C(=O)N5CCCC5)SC(N)=N4)c3)ncnc2c1.